The lowest BCUT2D eigenvalue weighted by Crippen LogP contribution is -2.00. The molecule has 82 valence electrons. The highest BCUT2D eigenvalue weighted by atomic mass is 16.5. The quantitative estimate of drug-likeness (QED) is 0.396. The van der Waals surface area contributed by atoms with Gasteiger partial charge in [-0.25, -0.2) is 0 Å². The third-order valence-corrected chi connectivity index (χ3v) is 1.59. The van der Waals surface area contributed by atoms with E-state index in [1.54, 1.807) is 19.9 Å². The Bertz CT molecular complexity index is 300. The topological polar surface area (TPSA) is 62.7 Å². The van der Waals surface area contributed by atoms with Gasteiger partial charge in [0.05, 0.1) is 13.0 Å². The Labute approximate surface area is 89.9 Å². The highest BCUT2D eigenvalue weighted by molar-refractivity contribution is 5.92. The van der Waals surface area contributed by atoms with Crippen molar-refractivity contribution in [1.29, 1.82) is 0 Å². The van der Waals surface area contributed by atoms with Gasteiger partial charge in [-0.1, -0.05) is 25.2 Å². The molecule has 4 nitrogen and oxygen atoms in total. The molecule has 1 rings (SSSR count). The maximum Gasteiger partial charge on any atom is 0.305 e. The minimum Gasteiger partial charge on any atom is -0.466 e. The van der Waals surface area contributed by atoms with E-state index in [2.05, 4.69) is 9.53 Å². The normalized spacial score (nSPS) is 12.5. The number of esters is 1. The fourth-order valence-corrected chi connectivity index (χ4v) is 0.839. The highest BCUT2D eigenvalue weighted by Crippen LogP contribution is 1.94. The van der Waals surface area contributed by atoms with Crippen LogP contribution in [-0.4, -0.2) is 23.1 Å². The minimum absolute atomic E-state index is 0.123. The van der Waals surface area contributed by atoms with Crippen molar-refractivity contribution in [2.24, 2.45) is 0 Å². The van der Waals surface area contributed by atoms with Crippen molar-refractivity contribution in [3.63, 3.8) is 0 Å². The zero-order valence-corrected chi connectivity index (χ0v) is 9.14. The maximum atomic E-state index is 10.2. The first-order chi connectivity index (χ1) is 7.24. The summed E-state index contributed by atoms with van der Waals surface area (Å²) in [6, 6.07) is 0. The molecule has 0 saturated heterocycles. The van der Waals surface area contributed by atoms with Crippen LogP contribution in [0.4, 0.5) is 0 Å². The largest absolute Gasteiger partial charge is 0.466 e. The first-order valence-corrected chi connectivity index (χ1v) is 4.94. The van der Waals surface area contributed by atoms with Crippen LogP contribution in [0.15, 0.2) is 24.3 Å². The average Bonchev–Trinajstić information content (AvgIpc) is 2.31. The van der Waals surface area contributed by atoms with E-state index in [9.17, 15) is 4.79 Å². The number of nitrogens with zero attached hydrogens (tertiary/aromatic N) is 2. The van der Waals surface area contributed by atoms with Gasteiger partial charge >= 0.3 is 5.97 Å². The Morgan fingerprint density at radius 3 is 2.53 bits per heavy atom. The first kappa shape index (κ1) is 13.3. The molecule has 1 aliphatic carbocycles. The smallest absolute Gasteiger partial charge is 0.305 e. The van der Waals surface area contributed by atoms with Gasteiger partial charge in [0.15, 0.2) is 0 Å². The molecule has 0 aromatic carbocycles. The summed E-state index contributed by atoms with van der Waals surface area (Å²) in [4.78, 5) is 13.2. The number of allylic oxidation sites excluding steroid dienone is 4. The molecule has 1 aliphatic rings. The Kier molecular flexibility index (Phi) is 7.92. The molecule has 0 bridgehead atoms. The second kappa shape index (κ2) is 8.91. The lowest BCUT2D eigenvalue weighted by atomic mass is 10.2. The van der Waals surface area contributed by atoms with E-state index in [1.165, 1.54) is 0 Å². The fraction of sp³-hybridized carbons (Fsp3) is 0.455. The lowest BCUT2D eigenvalue weighted by molar-refractivity contribution is -0.142. The van der Waals surface area contributed by atoms with Crippen molar-refractivity contribution in [2.75, 3.05) is 6.61 Å². The van der Waals surface area contributed by atoms with Gasteiger partial charge in [-0.2, -0.15) is 4.79 Å². The standard InChI is InChI=1S/C6H6N2.C5H10O2/c7-8-6-4-2-1-3-5-6;1-3-5(6)7-4-2/h1-4H,5H2;3-4H2,1-2H3. The second-order valence-electron chi connectivity index (χ2n) is 2.74. The van der Waals surface area contributed by atoms with E-state index in [4.69, 9.17) is 5.53 Å². The molecule has 15 heavy (non-hydrogen) atoms. The Morgan fingerprint density at radius 1 is 1.53 bits per heavy atom. The van der Waals surface area contributed by atoms with Crippen molar-refractivity contribution < 1.29 is 14.3 Å². The molecule has 0 saturated carbocycles. The number of hydrogen-bond donors (Lipinski definition) is 0. The molecule has 0 radical (unpaired) electrons. The molecular weight excluding hydrogens is 192 g/mol. The summed E-state index contributed by atoms with van der Waals surface area (Å²) in [5.74, 6) is -0.123. The molecule has 0 N–H and O–H groups in total. The molecular formula is C11H16N2O2. The van der Waals surface area contributed by atoms with Crippen molar-refractivity contribution in [2.45, 2.75) is 26.7 Å². The van der Waals surface area contributed by atoms with E-state index in [0.29, 0.717) is 18.7 Å². The van der Waals surface area contributed by atoms with Crippen LogP contribution in [0.1, 0.15) is 26.7 Å². The number of carbonyl (C=O) groups is 1. The Morgan fingerprint density at radius 2 is 2.27 bits per heavy atom. The number of carbonyl (C=O) groups excluding carboxylic acids is 1. The molecule has 4 heteroatoms. The SMILES string of the molecule is CCOC(=O)CC.[N-]=[N+]=C1C=CC=CC1. The second-order valence-corrected chi connectivity index (χ2v) is 2.74. The van der Waals surface area contributed by atoms with E-state index in [0.717, 1.165) is 6.42 Å². The third-order valence-electron chi connectivity index (χ3n) is 1.59. The number of ether oxygens (including phenoxy) is 1. The lowest BCUT2D eigenvalue weighted by Gasteiger charge is -1.93. The van der Waals surface area contributed by atoms with Gasteiger partial charge in [0.2, 0.25) is 0 Å². The molecule has 0 unspecified atom stereocenters. The molecule has 0 aromatic rings. The van der Waals surface area contributed by atoms with Crippen molar-refractivity contribution >= 4 is 11.7 Å². The number of hydrogen-bond acceptors (Lipinski definition) is 2. The van der Waals surface area contributed by atoms with E-state index in [-0.39, 0.29) is 5.97 Å². The molecule has 0 heterocycles. The van der Waals surface area contributed by atoms with Crippen LogP contribution in [-0.2, 0) is 9.53 Å². The van der Waals surface area contributed by atoms with E-state index in [1.807, 2.05) is 18.2 Å². The Balaban J connectivity index is 0.000000265. The van der Waals surface area contributed by atoms with Gasteiger partial charge in [-0.15, -0.1) is 0 Å². The molecule has 0 amide bonds. The van der Waals surface area contributed by atoms with Crippen LogP contribution < -0.4 is 0 Å². The minimum atomic E-state index is -0.123. The monoisotopic (exact) mass is 208 g/mol. The van der Waals surface area contributed by atoms with Crippen LogP contribution in [0.5, 0.6) is 0 Å². The summed E-state index contributed by atoms with van der Waals surface area (Å²) < 4.78 is 4.55. The van der Waals surface area contributed by atoms with Crippen LogP contribution in [0, 0.1) is 0 Å². The molecule has 0 atom stereocenters. The maximum absolute atomic E-state index is 10.2. The molecule has 0 aromatic heterocycles. The van der Waals surface area contributed by atoms with Gasteiger partial charge in [0.25, 0.3) is 5.71 Å². The summed E-state index contributed by atoms with van der Waals surface area (Å²) in [5.41, 5.74) is 8.91. The predicted molar refractivity (Wildman–Crippen MR) is 58.4 cm³/mol. The summed E-state index contributed by atoms with van der Waals surface area (Å²) in [7, 11) is 0. The zero-order valence-electron chi connectivity index (χ0n) is 9.14. The van der Waals surface area contributed by atoms with Gasteiger partial charge in [-0.3, -0.25) is 4.79 Å². The predicted octanol–water partition coefficient (Wildman–Crippen LogP) is 2.13. The van der Waals surface area contributed by atoms with E-state index < -0.39 is 0 Å². The van der Waals surface area contributed by atoms with Crippen LogP contribution in [0.3, 0.4) is 0 Å². The van der Waals surface area contributed by atoms with Crippen molar-refractivity contribution in [3.8, 4) is 0 Å². The molecule has 0 spiro atoms. The van der Waals surface area contributed by atoms with E-state index >= 15 is 0 Å². The van der Waals surface area contributed by atoms with Crippen molar-refractivity contribution in [1.82, 2.24) is 0 Å². The summed E-state index contributed by atoms with van der Waals surface area (Å²) in [6.45, 7) is 4.07. The van der Waals surface area contributed by atoms with Crippen LogP contribution >= 0.6 is 0 Å². The van der Waals surface area contributed by atoms with Gasteiger partial charge in [-0.05, 0) is 6.92 Å². The zero-order chi connectivity index (χ0) is 11.5. The average molecular weight is 208 g/mol. The summed E-state index contributed by atoms with van der Waals surface area (Å²) in [6.07, 6.45) is 8.71. The summed E-state index contributed by atoms with van der Waals surface area (Å²) in [5, 5.41) is 0. The molecule has 0 fully saturated rings. The highest BCUT2D eigenvalue weighted by Gasteiger charge is 1.99. The molecule has 0 aliphatic heterocycles. The van der Waals surface area contributed by atoms with Crippen molar-refractivity contribution in [3.05, 3.63) is 29.8 Å². The van der Waals surface area contributed by atoms with Crippen LogP contribution in [0.25, 0.3) is 5.53 Å². The van der Waals surface area contributed by atoms with Gasteiger partial charge < -0.3 is 10.3 Å². The third kappa shape index (κ3) is 7.40. The van der Waals surface area contributed by atoms with Gasteiger partial charge in [0, 0.05) is 12.5 Å². The fourth-order valence-electron chi connectivity index (χ4n) is 0.839. The first-order valence-electron chi connectivity index (χ1n) is 4.94. The summed E-state index contributed by atoms with van der Waals surface area (Å²) >= 11 is 0. The van der Waals surface area contributed by atoms with Crippen LogP contribution in [0.2, 0.25) is 0 Å². The number of rotatable bonds is 2. The Hall–Kier alpha value is -1.67. The van der Waals surface area contributed by atoms with Gasteiger partial charge in [0.1, 0.15) is 0 Å².